The number of anilines is 1. The van der Waals surface area contributed by atoms with Crippen molar-refractivity contribution in [3.05, 3.63) is 59.7 Å². The largest absolute Gasteiger partial charge is 0.337 e. The number of hydrogen-bond donors (Lipinski definition) is 1. The van der Waals surface area contributed by atoms with Gasteiger partial charge in [0.25, 0.3) is 5.91 Å². The van der Waals surface area contributed by atoms with Gasteiger partial charge in [0.15, 0.2) is 0 Å². The second kappa shape index (κ2) is 7.83. The first-order chi connectivity index (χ1) is 11.0. The number of nitrogens with zero attached hydrogens (tertiary/aromatic N) is 1. The van der Waals surface area contributed by atoms with Crippen LogP contribution in [0.1, 0.15) is 22.8 Å². The fourth-order valence-electron chi connectivity index (χ4n) is 2.23. The lowest BCUT2D eigenvalue weighted by Crippen LogP contribution is -2.26. The highest BCUT2D eigenvalue weighted by molar-refractivity contribution is 7.98. The Labute approximate surface area is 140 Å². The SMILES string of the molecule is CSc1ccc(CN(C)C(=O)c2cccc(NC(C)=O)c2)cc1. The van der Waals surface area contributed by atoms with E-state index in [1.807, 2.05) is 18.4 Å². The van der Waals surface area contributed by atoms with Crippen molar-refractivity contribution in [2.24, 2.45) is 0 Å². The third kappa shape index (κ3) is 4.86. The van der Waals surface area contributed by atoms with E-state index in [-0.39, 0.29) is 11.8 Å². The minimum absolute atomic E-state index is 0.0776. The van der Waals surface area contributed by atoms with Crippen molar-refractivity contribution in [3.63, 3.8) is 0 Å². The number of rotatable bonds is 5. The highest BCUT2D eigenvalue weighted by Gasteiger charge is 2.12. The summed E-state index contributed by atoms with van der Waals surface area (Å²) in [5, 5.41) is 2.69. The minimum Gasteiger partial charge on any atom is -0.337 e. The van der Waals surface area contributed by atoms with E-state index in [9.17, 15) is 9.59 Å². The van der Waals surface area contributed by atoms with Gasteiger partial charge in [0.1, 0.15) is 0 Å². The maximum atomic E-state index is 12.5. The molecule has 0 saturated carbocycles. The summed E-state index contributed by atoms with van der Waals surface area (Å²) in [6, 6.07) is 15.1. The van der Waals surface area contributed by atoms with Gasteiger partial charge in [-0.1, -0.05) is 18.2 Å². The molecule has 0 unspecified atom stereocenters. The molecule has 23 heavy (non-hydrogen) atoms. The average molecular weight is 328 g/mol. The number of carbonyl (C=O) groups is 2. The van der Waals surface area contributed by atoms with Gasteiger partial charge in [0.05, 0.1) is 0 Å². The predicted molar refractivity (Wildman–Crippen MR) is 94.8 cm³/mol. The van der Waals surface area contributed by atoms with Crippen LogP contribution in [0.25, 0.3) is 0 Å². The number of benzene rings is 2. The molecule has 0 aliphatic heterocycles. The lowest BCUT2D eigenvalue weighted by molar-refractivity contribution is -0.114. The van der Waals surface area contributed by atoms with E-state index in [0.717, 1.165) is 5.56 Å². The van der Waals surface area contributed by atoms with Crippen molar-refractivity contribution in [1.82, 2.24) is 4.90 Å². The molecule has 2 aromatic rings. The fraction of sp³-hybridized carbons (Fsp3) is 0.222. The first-order valence-corrected chi connectivity index (χ1v) is 8.48. The highest BCUT2D eigenvalue weighted by Crippen LogP contribution is 2.17. The Hall–Kier alpha value is -2.27. The molecule has 0 aliphatic rings. The molecule has 0 radical (unpaired) electrons. The molecule has 0 atom stereocenters. The normalized spacial score (nSPS) is 10.2. The van der Waals surface area contributed by atoms with E-state index in [0.29, 0.717) is 17.8 Å². The molecule has 2 amide bonds. The lowest BCUT2D eigenvalue weighted by atomic mass is 10.1. The molecule has 1 N–H and O–H groups in total. The second-order valence-electron chi connectivity index (χ2n) is 5.27. The molecular weight excluding hydrogens is 308 g/mol. The van der Waals surface area contributed by atoms with E-state index in [1.54, 1.807) is 48.0 Å². The molecule has 2 aromatic carbocycles. The van der Waals surface area contributed by atoms with E-state index < -0.39 is 0 Å². The van der Waals surface area contributed by atoms with Gasteiger partial charge >= 0.3 is 0 Å². The van der Waals surface area contributed by atoms with E-state index >= 15 is 0 Å². The van der Waals surface area contributed by atoms with Gasteiger partial charge in [-0.2, -0.15) is 0 Å². The van der Waals surface area contributed by atoms with Crippen molar-refractivity contribution in [1.29, 1.82) is 0 Å². The molecule has 0 heterocycles. The molecule has 0 bridgehead atoms. The zero-order valence-electron chi connectivity index (χ0n) is 13.5. The Morgan fingerprint density at radius 1 is 1.13 bits per heavy atom. The van der Waals surface area contributed by atoms with Gasteiger partial charge in [-0.05, 0) is 42.2 Å². The van der Waals surface area contributed by atoms with Crippen molar-refractivity contribution in [3.8, 4) is 0 Å². The maximum absolute atomic E-state index is 12.5. The van der Waals surface area contributed by atoms with Crippen LogP contribution < -0.4 is 5.32 Å². The standard InChI is InChI=1S/C18H20N2O2S/c1-13(21)19-16-6-4-5-15(11-16)18(22)20(2)12-14-7-9-17(23-3)10-8-14/h4-11H,12H2,1-3H3,(H,19,21). The van der Waals surface area contributed by atoms with Crippen molar-refractivity contribution in [2.75, 3.05) is 18.6 Å². The van der Waals surface area contributed by atoms with Crippen LogP contribution in [0.15, 0.2) is 53.4 Å². The van der Waals surface area contributed by atoms with Gasteiger partial charge in [0, 0.05) is 36.7 Å². The topological polar surface area (TPSA) is 49.4 Å². The van der Waals surface area contributed by atoms with E-state index in [2.05, 4.69) is 17.4 Å². The summed E-state index contributed by atoms with van der Waals surface area (Å²) in [6.07, 6.45) is 2.03. The van der Waals surface area contributed by atoms with Gasteiger partial charge < -0.3 is 10.2 Å². The highest BCUT2D eigenvalue weighted by atomic mass is 32.2. The molecule has 0 fully saturated rings. The summed E-state index contributed by atoms with van der Waals surface area (Å²) < 4.78 is 0. The Bertz CT molecular complexity index is 698. The van der Waals surface area contributed by atoms with Crippen LogP contribution in [-0.4, -0.2) is 30.0 Å². The van der Waals surface area contributed by atoms with Gasteiger partial charge in [-0.15, -0.1) is 11.8 Å². The number of nitrogens with one attached hydrogen (secondary N) is 1. The van der Waals surface area contributed by atoms with Crippen LogP contribution in [0, 0.1) is 0 Å². The number of hydrogen-bond acceptors (Lipinski definition) is 3. The third-order valence-electron chi connectivity index (χ3n) is 3.36. The number of thioether (sulfide) groups is 1. The van der Waals surface area contributed by atoms with Gasteiger partial charge in [0.2, 0.25) is 5.91 Å². The quantitative estimate of drug-likeness (QED) is 0.853. The third-order valence-corrected chi connectivity index (χ3v) is 4.10. The van der Waals surface area contributed by atoms with Crippen LogP contribution >= 0.6 is 11.8 Å². The second-order valence-corrected chi connectivity index (χ2v) is 6.15. The van der Waals surface area contributed by atoms with Gasteiger partial charge in [-0.25, -0.2) is 0 Å². The first kappa shape index (κ1) is 17.1. The summed E-state index contributed by atoms with van der Waals surface area (Å²) in [4.78, 5) is 26.5. The molecule has 4 nitrogen and oxygen atoms in total. The van der Waals surface area contributed by atoms with Crippen molar-refractivity contribution in [2.45, 2.75) is 18.4 Å². The van der Waals surface area contributed by atoms with Crippen molar-refractivity contribution >= 4 is 29.3 Å². The smallest absolute Gasteiger partial charge is 0.253 e. The summed E-state index contributed by atoms with van der Waals surface area (Å²) in [6.45, 7) is 1.98. The predicted octanol–water partition coefficient (Wildman–Crippen LogP) is 3.64. The van der Waals surface area contributed by atoms with Gasteiger partial charge in [-0.3, -0.25) is 9.59 Å². The van der Waals surface area contributed by atoms with Crippen LogP contribution in [-0.2, 0) is 11.3 Å². The Morgan fingerprint density at radius 3 is 2.43 bits per heavy atom. The number of carbonyl (C=O) groups excluding carboxylic acids is 2. The maximum Gasteiger partial charge on any atom is 0.253 e. The van der Waals surface area contributed by atoms with Crippen LogP contribution in [0.2, 0.25) is 0 Å². The molecular formula is C18H20N2O2S. The molecule has 120 valence electrons. The summed E-state index contributed by atoms with van der Waals surface area (Å²) in [7, 11) is 1.77. The Morgan fingerprint density at radius 2 is 1.83 bits per heavy atom. The number of amides is 2. The average Bonchev–Trinajstić information content (AvgIpc) is 2.54. The Balaban J connectivity index is 2.07. The Kier molecular flexibility index (Phi) is 5.82. The fourth-order valence-corrected chi connectivity index (χ4v) is 2.64. The molecule has 2 rings (SSSR count). The lowest BCUT2D eigenvalue weighted by Gasteiger charge is -2.18. The van der Waals surface area contributed by atoms with E-state index in [4.69, 9.17) is 0 Å². The van der Waals surface area contributed by atoms with Crippen LogP contribution in [0.3, 0.4) is 0 Å². The zero-order chi connectivity index (χ0) is 16.8. The molecule has 0 saturated heterocycles. The monoisotopic (exact) mass is 328 g/mol. The zero-order valence-corrected chi connectivity index (χ0v) is 14.3. The minimum atomic E-state index is -0.156. The summed E-state index contributed by atoms with van der Waals surface area (Å²) in [5.41, 5.74) is 2.26. The van der Waals surface area contributed by atoms with Crippen LogP contribution in [0.5, 0.6) is 0 Å². The molecule has 0 aliphatic carbocycles. The van der Waals surface area contributed by atoms with E-state index in [1.165, 1.54) is 11.8 Å². The molecule has 5 heteroatoms. The molecule has 0 aromatic heterocycles. The summed E-state index contributed by atoms with van der Waals surface area (Å²) >= 11 is 1.69. The van der Waals surface area contributed by atoms with Crippen molar-refractivity contribution < 1.29 is 9.59 Å². The summed E-state index contributed by atoms with van der Waals surface area (Å²) in [5.74, 6) is -0.233. The van der Waals surface area contributed by atoms with Crippen LogP contribution in [0.4, 0.5) is 5.69 Å². The first-order valence-electron chi connectivity index (χ1n) is 7.25. The molecule has 0 spiro atoms.